The van der Waals surface area contributed by atoms with E-state index in [2.05, 4.69) is 29.4 Å². The SMILES string of the molecule is CNCC1CCCN(C2CCc3cc(Cl)ccc32)C1. The van der Waals surface area contributed by atoms with Crippen molar-refractivity contribution in [1.29, 1.82) is 0 Å². The van der Waals surface area contributed by atoms with Crippen molar-refractivity contribution in [3.05, 3.63) is 34.3 Å². The predicted octanol–water partition coefficient (Wildman–Crippen LogP) is 3.26. The Bertz CT molecular complexity index is 444. The van der Waals surface area contributed by atoms with Crippen LogP contribution >= 0.6 is 11.6 Å². The zero-order valence-electron chi connectivity index (χ0n) is 11.7. The molecule has 0 radical (unpaired) electrons. The van der Waals surface area contributed by atoms with E-state index in [0.717, 1.165) is 17.5 Å². The Balaban J connectivity index is 1.74. The second-order valence-electron chi connectivity index (χ2n) is 5.96. The quantitative estimate of drug-likeness (QED) is 0.913. The summed E-state index contributed by atoms with van der Waals surface area (Å²) < 4.78 is 0. The lowest BCUT2D eigenvalue weighted by atomic mass is 9.95. The first-order valence-electron chi connectivity index (χ1n) is 7.45. The Hall–Kier alpha value is -0.570. The van der Waals surface area contributed by atoms with Gasteiger partial charge in [0.2, 0.25) is 0 Å². The highest BCUT2D eigenvalue weighted by molar-refractivity contribution is 6.30. The average molecular weight is 279 g/mol. The number of rotatable bonds is 3. The molecule has 1 aliphatic heterocycles. The van der Waals surface area contributed by atoms with Gasteiger partial charge >= 0.3 is 0 Å². The van der Waals surface area contributed by atoms with Gasteiger partial charge in [0, 0.05) is 17.6 Å². The van der Waals surface area contributed by atoms with E-state index in [1.807, 2.05) is 6.07 Å². The van der Waals surface area contributed by atoms with Crippen LogP contribution in [0.2, 0.25) is 5.02 Å². The molecule has 3 heteroatoms. The van der Waals surface area contributed by atoms with Crippen molar-refractivity contribution in [1.82, 2.24) is 10.2 Å². The third-order valence-electron chi connectivity index (χ3n) is 4.64. The highest BCUT2D eigenvalue weighted by Gasteiger charge is 2.31. The van der Waals surface area contributed by atoms with Gasteiger partial charge in [-0.25, -0.2) is 0 Å². The first kappa shape index (κ1) is 13.4. The number of hydrogen-bond acceptors (Lipinski definition) is 2. The van der Waals surface area contributed by atoms with Gasteiger partial charge < -0.3 is 5.32 Å². The zero-order chi connectivity index (χ0) is 13.2. The lowest BCUT2D eigenvalue weighted by Crippen LogP contribution is -2.40. The number of benzene rings is 1. The summed E-state index contributed by atoms with van der Waals surface area (Å²) in [5.41, 5.74) is 2.99. The number of nitrogens with one attached hydrogen (secondary N) is 1. The van der Waals surface area contributed by atoms with Gasteiger partial charge in [-0.3, -0.25) is 4.90 Å². The van der Waals surface area contributed by atoms with Gasteiger partial charge in [0.1, 0.15) is 0 Å². The molecule has 0 spiro atoms. The molecule has 1 aromatic carbocycles. The van der Waals surface area contributed by atoms with Crippen molar-refractivity contribution < 1.29 is 0 Å². The maximum Gasteiger partial charge on any atom is 0.0408 e. The van der Waals surface area contributed by atoms with Crippen LogP contribution in [0.3, 0.4) is 0 Å². The fraction of sp³-hybridized carbons (Fsp3) is 0.625. The van der Waals surface area contributed by atoms with Crippen LogP contribution in [0.25, 0.3) is 0 Å². The van der Waals surface area contributed by atoms with Crippen LogP contribution < -0.4 is 5.32 Å². The van der Waals surface area contributed by atoms with Gasteiger partial charge in [0.05, 0.1) is 0 Å². The Morgan fingerprint density at radius 1 is 1.37 bits per heavy atom. The molecule has 1 heterocycles. The molecule has 1 aliphatic carbocycles. The average Bonchev–Trinajstić information content (AvgIpc) is 2.82. The molecule has 1 aromatic rings. The fourth-order valence-electron chi connectivity index (χ4n) is 3.78. The van der Waals surface area contributed by atoms with Crippen molar-refractivity contribution in [3.8, 4) is 0 Å². The topological polar surface area (TPSA) is 15.3 Å². The molecule has 1 saturated heterocycles. The standard InChI is InChI=1S/C16H23ClN2/c1-18-10-12-3-2-8-19(11-12)16-7-4-13-9-14(17)5-6-15(13)16/h5-6,9,12,16,18H,2-4,7-8,10-11H2,1H3. The van der Waals surface area contributed by atoms with Crippen LogP contribution in [0, 0.1) is 5.92 Å². The van der Waals surface area contributed by atoms with Gasteiger partial charge in [0.25, 0.3) is 0 Å². The Kier molecular flexibility index (Phi) is 4.11. The van der Waals surface area contributed by atoms with Crippen LogP contribution in [0.5, 0.6) is 0 Å². The third-order valence-corrected chi connectivity index (χ3v) is 4.87. The molecule has 1 fully saturated rings. The maximum atomic E-state index is 6.10. The summed E-state index contributed by atoms with van der Waals surface area (Å²) in [6.45, 7) is 3.65. The van der Waals surface area contributed by atoms with E-state index in [0.29, 0.717) is 6.04 Å². The van der Waals surface area contributed by atoms with E-state index in [9.17, 15) is 0 Å². The minimum Gasteiger partial charge on any atom is -0.319 e. The number of piperidine rings is 1. The van der Waals surface area contributed by atoms with E-state index < -0.39 is 0 Å². The maximum absolute atomic E-state index is 6.10. The minimum absolute atomic E-state index is 0.631. The van der Waals surface area contributed by atoms with E-state index >= 15 is 0 Å². The largest absolute Gasteiger partial charge is 0.319 e. The van der Waals surface area contributed by atoms with Gasteiger partial charge in [-0.05, 0) is 75.0 Å². The van der Waals surface area contributed by atoms with E-state index in [4.69, 9.17) is 11.6 Å². The first-order valence-corrected chi connectivity index (χ1v) is 7.82. The van der Waals surface area contributed by atoms with Crippen molar-refractivity contribution in [2.24, 2.45) is 5.92 Å². The van der Waals surface area contributed by atoms with Crippen molar-refractivity contribution in [2.45, 2.75) is 31.7 Å². The molecule has 2 nitrogen and oxygen atoms in total. The normalized spacial score (nSPS) is 27.5. The summed E-state index contributed by atoms with van der Waals surface area (Å²) in [4.78, 5) is 2.70. The van der Waals surface area contributed by atoms with Gasteiger partial charge in [-0.1, -0.05) is 17.7 Å². The molecule has 2 aliphatic rings. The second kappa shape index (κ2) is 5.82. The molecule has 2 atom stereocenters. The highest BCUT2D eigenvalue weighted by Crippen LogP contribution is 2.38. The number of likely N-dealkylation sites (tertiary alicyclic amines) is 1. The molecular formula is C16H23ClN2. The highest BCUT2D eigenvalue weighted by atomic mass is 35.5. The fourth-order valence-corrected chi connectivity index (χ4v) is 3.97. The summed E-state index contributed by atoms with van der Waals surface area (Å²) in [5, 5.41) is 4.21. The van der Waals surface area contributed by atoms with Crippen LogP contribution in [0.4, 0.5) is 0 Å². The first-order chi connectivity index (χ1) is 9.28. The van der Waals surface area contributed by atoms with Crippen molar-refractivity contribution >= 4 is 11.6 Å². The number of halogens is 1. The Morgan fingerprint density at radius 3 is 3.11 bits per heavy atom. The van der Waals surface area contributed by atoms with Crippen molar-refractivity contribution in [3.63, 3.8) is 0 Å². The summed E-state index contributed by atoms with van der Waals surface area (Å²) in [7, 11) is 2.06. The van der Waals surface area contributed by atoms with E-state index in [1.165, 1.54) is 49.9 Å². The molecule has 104 valence electrons. The Morgan fingerprint density at radius 2 is 2.26 bits per heavy atom. The molecule has 0 amide bonds. The van der Waals surface area contributed by atoms with Crippen LogP contribution in [-0.4, -0.2) is 31.6 Å². The second-order valence-corrected chi connectivity index (χ2v) is 6.39. The summed E-state index contributed by atoms with van der Waals surface area (Å²) in [5.74, 6) is 0.815. The molecule has 2 unspecified atom stereocenters. The lowest BCUT2D eigenvalue weighted by molar-refractivity contribution is 0.122. The number of nitrogens with zero attached hydrogens (tertiary/aromatic N) is 1. The van der Waals surface area contributed by atoms with E-state index in [-0.39, 0.29) is 0 Å². The van der Waals surface area contributed by atoms with Crippen LogP contribution in [0.15, 0.2) is 18.2 Å². The summed E-state index contributed by atoms with van der Waals surface area (Å²) in [6, 6.07) is 7.09. The molecule has 0 saturated carbocycles. The predicted molar refractivity (Wildman–Crippen MR) is 80.7 cm³/mol. The molecular weight excluding hydrogens is 256 g/mol. The molecule has 0 bridgehead atoms. The van der Waals surface area contributed by atoms with Crippen LogP contribution in [-0.2, 0) is 6.42 Å². The van der Waals surface area contributed by atoms with Crippen LogP contribution in [0.1, 0.15) is 36.4 Å². The lowest BCUT2D eigenvalue weighted by Gasteiger charge is -2.37. The zero-order valence-corrected chi connectivity index (χ0v) is 12.4. The number of hydrogen-bond donors (Lipinski definition) is 1. The molecule has 1 N–H and O–H groups in total. The smallest absolute Gasteiger partial charge is 0.0408 e. The van der Waals surface area contributed by atoms with Gasteiger partial charge in [-0.15, -0.1) is 0 Å². The van der Waals surface area contributed by atoms with Gasteiger partial charge in [0.15, 0.2) is 0 Å². The summed E-state index contributed by atoms with van der Waals surface area (Å²) >= 11 is 6.10. The molecule has 19 heavy (non-hydrogen) atoms. The Labute approximate surface area is 121 Å². The van der Waals surface area contributed by atoms with Crippen molar-refractivity contribution in [2.75, 3.05) is 26.7 Å². The summed E-state index contributed by atoms with van der Waals surface area (Å²) in [6.07, 6.45) is 5.17. The number of fused-ring (bicyclic) bond motifs is 1. The minimum atomic E-state index is 0.631. The van der Waals surface area contributed by atoms with E-state index in [1.54, 1.807) is 0 Å². The van der Waals surface area contributed by atoms with Gasteiger partial charge in [-0.2, -0.15) is 0 Å². The third kappa shape index (κ3) is 2.81. The molecule has 3 rings (SSSR count). The molecule has 0 aromatic heterocycles. The number of aryl methyl sites for hydroxylation is 1. The monoisotopic (exact) mass is 278 g/mol.